The van der Waals surface area contributed by atoms with Gasteiger partial charge in [-0.3, -0.25) is 0 Å². The van der Waals surface area contributed by atoms with Gasteiger partial charge in [-0.25, -0.2) is 0 Å². The average molecular weight is 447 g/mol. The molecule has 170 valence electrons. The minimum Gasteiger partial charge on any atom is -0.395 e. The van der Waals surface area contributed by atoms with Crippen LogP contribution in [0.2, 0.25) is 0 Å². The second kappa shape index (κ2) is 10.5. The summed E-state index contributed by atoms with van der Waals surface area (Å²) in [5, 5.41) is 39.9. The van der Waals surface area contributed by atoms with Gasteiger partial charge in [-0.1, -0.05) is 50.2 Å². The summed E-state index contributed by atoms with van der Waals surface area (Å²) in [5.41, 5.74) is 6.61. The van der Waals surface area contributed by atoms with Crippen LogP contribution in [-0.4, -0.2) is 57.7 Å². The van der Waals surface area contributed by atoms with Crippen LogP contribution in [-0.2, 0) is 17.8 Å². The molecule has 1 fully saturated rings. The highest BCUT2D eigenvalue weighted by atomic mass is 32.2. The van der Waals surface area contributed by atoms with E-state index in [2.05, 4.69) is 57.2 Å². The van der Waals surface area contributed by atoms with Gasteiger partial charge in [0.1, 0.15) is 6.10 Å². The number of benzene rings is 2. The SMILES string of the molecule is COCc1cc(C)c(Cc2ccc(C(C)C)cc2)cc1C1S[C@H](CO)[C@@H](O)[C@H](O)[C@H]1O. The lowest BCUT2D eigenvalue weighted by Crippen LogP contribution is -2.51. The van der Waals surface area contributed by atoms with Gasteiger partial charge < -0.3 is 25.2 Å². The fraction of sp³-hybridized carbons (Fsp3) is 0.520. The molecule has 4 N–H and O–H groups in total. The van der Waals surface area contributed by atoms with Crippen LogP contribution >= 0.6 is 11.8 Å². The van der Waals surface area contributed by atoms with Crippen LogP contribution in [0.4, 0.5) is 0 Å². The van der Waals surface area contributed by atoms with E-state index in [-0.39, 0.29) is 6.61 Å². The molecule has 1 aliphatic rings. The molecule has 0 spiro atoms. The fourth-order valence-corrected chi connectivity index (χ4v) is 5.64. The summed E-state index contributed by atoms with van der Waals surface area (Å²) >= 11 is 1.31. The molecule has 1 heterocycles. The van der Waals surface area contributed by atoms with Crippen molar-refractivity contribution < 1.29 is 25.2 Å². The molecule has 5 nitrogen and oxygen atoms in total. The Bertz CT molecular complexity index is 865. The highest BCUT2D eigenvalue weighted by molar-refractivity contribution is 8.00. The highest BCUT2D eigenvalue weighted by Crippen LogP contribution is 2.45. The smallest absolute Gasteiger partial charge is 0.108 e. The summed E-state index contributed by atoms with van der Waals surface area (Å²) < 4.78 is 5.39. The third kappa shape index (κ3) is 5.33. The molecule has 31 heavy (non-hydrogen) atoms. The fourth-order valence-electron chi connectivity index (χ4n) is 4.17. The van der Waals surface area contributed by atoms with E-state index in [1.165, 1.54) is 22.9 Å². The number of aryl methyl sites for hydroxylation is 1. The first kappa shape index (κ1) is 24.2. The van der Waals surface area contributed by atoms with Crippen molar-refractivity contribution in [2.24, 2.45) is 0 Å². The van der Waals surface area contributed by atoms with Crippen molar-refractivity contribution in [1.82, 2.24) is 0 Å². The van der Waals surface area contributed by atoms with Gasteiger partial charge in [-0.05, 0) is 52.6 Å². The summed E-state index contributed by atoms with van der Waals surface area (Å²) in [4.78, 5) is 0. The molecule has 1 saturated heterocycles. The van der Waals surface area contributed by atoms with Crippen LogP contribution in [0.15, 0.2) is 36.4 Å². The van der Waals surface area contributed by atoms with Gasteiger partial charge in [0.25, 0.3) is 0 Å². The number of thioether (sulfide) groups is 1. The maximum atomic E-state index is 10.7. The number of aliphatic hydroxyl groups excluding tert-OH is 4. The van der Waals surface area contributed by atoms with Crippen LogP contribution in [0.1, 0.15) is 58.4 Å². The number of rotatable bonds is 7. The second-order valence-corrected chi connectivity index (χ2v) is 10.1. The number of methoxy groups -OCH3 is 1. The Morgan fingerprint density at radius 1 is 0.968 bits per heavy atom. The van der Waals surface area contributed by atoms with Gasteiger partial charge in [0.05, 0.1) is 35.9 Å². The van der Waals surface area contributed by atoms with Crippen LogP contribution in [0.3, 0.4) is 0 Å². The first-order valence-electron chi connectivity index (χ1n) is 10.8. The lowest BCUT2D eigenvalue weighted by molar-refractivity contribution is -0.0701. The normalized spacial score (nSPS) is 26.4. The van der Waals surface area contributed by atoms with E-state index in [4.69, 9.17) is 4.74 Å². The minimum atomic E-state index is -1.31. The zero-order valence-electron chi connectivity index (χ0n) is 18.7. The third-order valence-corrected chi connectivity index (χ3v) is 7.74. The van der Waals surface area contributed by atoms with Gasteiger partial charge in [-0.2, -0.15) is 0 Å². The van der Waals surface area contributed by atoms with E-state index in [1.54, 1.807) is 7.11 Å². The first-order valence-corrected chi connectivity index (χ1v) is 11.7. The largest absolute Gasteiger partial charge is 0.395 e. The first-order chi connectivity index (χ1) is 14.8. The molecule has 1 unspecified atom stereocenters. The van der Waals surface area contributed by atoms with Crippen molar-refractivity contribution in [2.75, 3.05) is 13.7 Å². The lowest BCUT2D eigenvalue weighted by atomic mass is 9.89. The molecule has 0 radical (unpaired) electrons. The van der Waals surface area contributed by atoms with E-state index in [0.29, 0.717) is 12.5 Å². The topological polar surface area (TPSA) is 90.2 Å². The molecule has 3 rings (SSSR count). The Balaban J connectivity index is 1.97. The molecule has 2 aromatic carbocycles. The molecule has 0 saturated carbocycles. The predicted molar refractivity (Wildman–Crippen MR) is 124 cm³/mol. The van der Waals surface area contributed by atoms with Crippen molar-refractivity contribution in [3.05, 3.63) is 69.8 Å². The second-order valence-electron chi connectivity index (χ2n) is 8.73. The quantitative estimate of drug-likeness (QED) is 0.523. The molecular weight excluding hydrogens is 412 g/mol. The number of aliphatic hydroxyl groups is 4. The Labute approximate surface area is 189 Å². The van der Waals surface area contributed by atoms with Crippen molar-refractivity contribution in [3.63, 3.8) is 0 Å². The number of hydrogen-bond donors (Lipinski definition) is 4. The summed E-state index contributed by atoms with van der Waals surface area (Å²) in [6.07, 6.45) is -2.87. The lowest BCUT2D eigenvalue weighted by Gasteiger charge is -2.40. The van der Waals surface area contributed by atoms with E-state index in [9.17, 15) is 20.4 Å². The van der Waals surface area contributed by atoms with Gasteiger partial charge in [-0.15, -0.1) is 11.8 Å². The summed E-state index contributed by atoms with van der Waals surface area (Å²) in [7, 11) is 1.63. The molecule has 0 aliphatic carbocycles. The average Bonchev–Trinajstić information content (AvgIpc) is 2.75. The van der Waals surface area contributed by atoms with Gasteiger partial charge >= 0.3 is 0 Å². The Hall–Kier alpha value is -1.41. The summed E-state index contributed by atoms with van der Waals surface area (Å²) in [5.74, 6) is 0.488. The predicted octanol–water partition coefficient (Wildman–Crippen LogP) is 3.09. The molecule has 0 amide bonds. The Morgan fingerprint density at radius 3 is 2.23 bits per heavy atom. The molecule has 0 aromatic heterocycles. The molecule has 6 heteroatoms. The van der Waals surface area contributed by atoms with Crippen molar-refractivity contribution in [2.45, 2.75) is 68.5 Å². The molecule has 0 bridgehead atoms. The van der Waals surface area contributed by atoms with Gasteiger partial charge in [0.2, 0.25) is 0 Å². The van der Waals surface area contributed by atoms with Gasteiger partial charge in [0.15, 0.2) is 0 Å². The molecule has 5 atom stereocenters. The maximum absolute atomic E-state index is 10.7. The zero-order valence-corrected chi connectivity index (χ0v) is 19.5. The molecule has 2 aromatic rings. The van der Waals surface area contributed by atoms with Crippen LogP contribution < -0.4 is 0 Å². The zero-order chi connectivity index (χ0) is 22.7. The Kier molecular flexibility index (Phi) is 8.19. The van der Waals surface area contributed by atoms with Crippen molar-refractivity contribution >= 4 is 11.8 Å². The standard InChI is InChI=1S/C25H34O5S/c1-14(2)17-7-5-16(6-8-17)10-18-11-20(19(13-30-4)9-15(18)3)25-24(29)23(28)22(27)21(12-26)31-25/h5-9,11,14,21-29H,10,12-13H2,1-4H3/t21-,22-,23+,24-,25?/m1/s1. The van der Waals surface area contributed by atoms with Crippen molar-refractivity contribution in [3.8, 4) is 0 Å². The van der Waals surface area contributed by atoms with Gasteiger partial charge in [0, 0.05) is 7.11 Å². The third-order valence-electron chi connectivity index (χ3n) is 6.14. The van der Waals surface area contributed by atoms with E-state index >= 15 is 0 Å². The molecule has 1 aliphatic heterocycles. The van der Waals surface area contributed by atoms with Crippen LogP contribution in [0.5, 0.6) is 0 Å². The van der Waals surface area contributed by atoms with E-state index in [1.807, 2.05) is 0 Å². The van der Waals surface area contributed by atoms with Crippen LogP contribution in [0.25, 0.3) is 0 Å². The minimum absolute atomic E-state index is 0.271. The monoisotopic (exact) mass is 446 g/mol. The van der Waals surface area contributed by atoms with Crippen molar-refractivity contribution in [1.29, 1.82) is 0 Å². The summed E-state index contributed by atoms with van der Waals surface area (Å²) in [6, 6.07) is 12.8. The highest BCUT2D eigenvalue weighted by Gasteiger charge is 2.44. The maximum Gasteiger partial charge on any atom is 0.108 e. The summed E-state index contributed by atoms with van der Waals surface area (Å²) in [6.45, 7) is 6.54. The molecular formula is C25H34O5S. The number of hydrogen-bond acceptors (Lipinski definition) is 6. The van der Waals surface area contributed by atoms with E-state index < -0.39 is 28.8 Å². The van der Waals surface area contributed by atoms with Crippen LogP contribution in [0, 0.1) is 6.92 Å². The number of ether oxygens (including phenoxy) is 1. The van der Waals surface area contributed by atoms with E-state index in [0.717, 1.165) is 28.7 Å². The Morgan fingerprint density at radius 2 is 1.65 bits per heavy atom.